The minimum atomic E-state index is -0.995. The molecule has 0 aliphatic carbocycles. The van der Waals surface area contributed by atoms with Gasteiger partial charge in [-0.2, -0.15) is 0 Å². The summed E-state index contributed by atoms with van der Waals surface area (Å²) in [6.45, 7) is 2.79. The van der Waals surface area contributed by atoms with Gasteiger partial charge in [0.1, 0.15) is 11.6 Å². The topological polar surface area (TPSA) is 46.5 Å². The van der Waals surface area contributed by atoms with Crippen molar-refractivity contribution in [3.8, 4) is 16.9 Å². The molecule has 0 aliphatic heterocycles. The van der Waals surface area contributed by atoms with Crippen LogP contribution in [0.4, 0.5) is 4.39 Å². The summed E-state index contributed by atoms with van der Waals surface area (Å²) in [6.07, 6.45) is 7.11. The second-order valence-corrected chi connectivity index (χ2v) is 6.14. The van der Waals surface area contributed by atoms with Gasteiger partial charge in [0.05, 0.1) is 12.2 Å². The van der Waals surface area contributed by atoms with E-state index in [1.165, 1.54) is 43.9 Å². The molecule has 0 atom stereocenters. The number of hydrogen-bond donors (Lipinski definition) is 1. The van der Waals surface area contributed by atoms with Gasteiger partial charge in [0.15, 0.2) is 0 Å². The van der Waals surface area contributed by atoms with E-state index in [9.17, 15) is 9.18 Å². The van der Waals surface area contributed by atoms with Crippen molar-refractivity contribution in [1.29, 1.82) is 0 Å². The smallest absolute Gasteiger partial charge is 0.335 e. The summed E-state index contributed by atoms with van der Waals surface area (Å²) in [5.41, 5.74) is 1.26. The van der Waals surface area contributed by atoms with E-state index < -0.39 is 5.97 Å². The third-order valence-corrected chi connectivity index (χ3v) is 4.15. The van der Waals surface area contributed by atoms with E-state index >= 15 is 0 Å². The largest absolute Gasteiger partial charge is 0.493 e. The molecular weight excluding hydrogens is 319 g/mol. The molecule has 25 heavy (non-hydrogen) atoms. The highest BCUT2D eigenvalue weighted by Crippen LogP contribution is 2.26. The Morgan fingerprint density at radius 3 is 2.32 bits per heavy atom. The van der Waals surface area contributed by atoms with Gasteiger partial charge in [0, 0.05) is 11.6 Å². The van der Waals surface area contributed by atoms with Crippen molar-refractivity contribution in [2.75, 3.05) is 6.61 Å². The summed E-state index contributed by atoms with van der Waals surface area (Å²) in [7, 11) is 0. The van der Waals surface area contributed by atoms with E-state index in [0.29, 0.717) is 23.5 Å². The first-order chi connectivity index (χ1) is 12.1. The van der Waals surface area contributed by atoms with Crippen molar-refractivity contribution in [3.63, 3.8) is 0 Å². The fourth-order valence-corrected chi connectivity index (χ4v) is 2.68. The molecular formula is C21H25FO3. The lowest BCUT2D eigenvalue weighted by molar-refractivity contribution is 0.0697. The van der Waals surface area contributed by atoms with Crippen LogP contribution in [0.15, 0.2) is 42.5 Å². The Morgan fingerprint density at radius 2 is 1.68 bits per heavy atom. The van der Waals surface area contributed by atoms with E-state index in [1.54, 1.807) is 24.3 Å². The van der Waals surface area contributed by atoms with Crippen molar-refractivity contribution in [2.24, 2.45) is 0 Å². The fourth-order valence-electron chi connectivity index (χ4n) is 2.68. The highest BCUT2D eigenvalue weighted by Gasteiger charge is 2.08. The zero-order valence-corrected chi connectivity index (χ0v) is 14.6. The highest BCUT2D eigenvalue weighted by atomic mass is 19.1. The first-order valence-corrected chi connectivity index (χ1v) is 8.88. The van der Waals surface area contributed by atoms with E-state index in [4.69, 9.17) is 9.84 Å². The molecule has 1 N–H and O–H groups in total. The van der Waals surface area contributed by atoms with Gasteiger partial charge in [0.2, 0.25) is 0 Å². The zero-order valence-electron chi connectivity index (χ0n) is 14.6. The normalized spacial score (nSPS) is 10.6. The summed E-state index contributed by atoms with van der Waals surface area (Å²) in [5.74, 6) is -0.842. The lowest BCUT2D eigenvalue weighted by atomic mass is 10.0. The first-order valence-electron chi connectivity index (χ1n) is 8.88. The minimum absolute atomic E-state index is 0.183. The lowest BCUT2D eigenvalue weighted by Gasteiger charge is -2.09. The van der Waals surface area contributed by atoms with Gasteiger partial charge in [0.25, 0.3) is 0 Å². The molecule has 0 radical (unpaired) electrons. The summed E-state index contributed by atoms with van der Waals surface area (Å²) in [6, 6.07) is 11.0. The van der Waals surface area contributed by atoms with Crippen molar-refractivity contribution in [1.82, 2.24) is 0 Å². The van der Waals surface area contributed by atoms with Gasteiger partial charge in [-0.1, -0.05) is 51.2 Å². The van der Waals surface area contributed by atoms with Crippen LogP contribution in [0.5, 0.6) is 5.75 Å². The zero-order chi connectivity index (χ0) is 18.1. The number of ether oxygens (including phenoxy) is 1. The van der Waals surface area contributed by atoms with Crippen LogP contribution >= 0.6 is 0 Å². The second kappa shape index (κ2) is 9.82. The van der Waals surface area contributed by atoms with Crippen LogP contribution in [-0.2, 0) is 0 Å². The molecule has 2 rings (SSSR count). The van der Waals surface area contributed by atoms with Gasteiger partial charge in [-0.05, 0) is 36.2 Å². The van der Waals surface area contributed by atoms with Crippen LogP contribution in [0.25, 0.3) is 11.1 Å². The Morgan fingerprint density at radius 1 is 1.00 bits per heavy atom. The maximum absolute atomic E-state index is 14.3. The number of halogens is 1. The number of benzene rings is 2. The van der Waals surface area contributed by atoms with Crippen LogP contribution < -0.4 is 4.74 Å². The first kappa shape index (κ1) is 19.0. The molecule has 134 valence electrons. The Bertz CT molecular complexity index is 680. The van der Waals surface area contributed by atoms with Crippen LogP contribution in [0, 0.1) is 5.82 Å². The summed E-state index contributed by atoms with van der Waals surface area (Å²) in [4.78, 5) is 10.9. The average Bonchev–Trinajstić information content (AvgIpc) is 2.61. The third kappa shape index (κ3) is 5.89. The molecule has 0 bridgehead atoms. The van der Waals surface area contributed by atoms with Crippen LogP contribution in [0.2, 0.25) is 0 Å². The molecule has 0 heterocycles. The van der Waals surface area contributed by atoms with Crippen molar-refractivity contribution in [2.45, 2.75) is 45.4 Å². The van der Waals surface area contributed by atoms with Gasteiger partial charge < -0.3 is 9.84 Å². The number of hydrogen-bond acceptors (Lipinski definition) is 2. The quantitative estimate of drug-likeness (QED) is 0.543. The summed E-state index contributed by atoms with van der Waals surface area (Å²) >= 11 is 0. The predicted octanol–water partition coefficient (Wildman–Crippen LogP) is 5.93. The Balaban J connectivity index is 1.88. The van der Waals surface area contributed by atoms with E-state index in [-0.39, 0.29) is 11.4 Å². The molecule has 0 spiro atoms. The molecule has 0 aliphatic rings. The maximum Gasteiger partial charge on any atom is 0.335 e. The molecule has 3 nitrogen and oxygen atoms in total. The Kier molecular flexibility index (Phi) is 7.45. The summed E-state index contributed by atoms with van der Waals surface area (Å²) in [5, 5.41) is 8.91. The molecule has 0 aromatic heterocycles. The van der Waals surface area contributed by atoms with Crippen LogP contribution in [-0.4, -0.2) is 17.7 Å². The van der Waals surface area contributed by atoms with Crippen molar-refractivity contribution >= 4 is 5.97 Å². The number of unbranched alkanes of at least 4 members (excludes halogenated alkanes) is 5. The highest BCUT2D eigenvalue weighted by molar-refractivity contribution is 5.88. The van der Waals surface area contributed by atoms with Crippen molar-refractivity contribution < 1.29 is 19.0 Å². The number of carboxylic acid groups (broad SMARTS) is 1. The number of carboxylic acids is 1. The average molecular weight is 344 g/mol. The predicted molar refractivity (Wildman–Crippen MR) is 97.7 cm³/mol. The fraction of sp³-hybridized carbons (Fsp3) is 0.381. The minimum Gasteiger partial charge on any atom is -0.493 e. The molecule has 0 unspecified atom stereocenters. The SMILES string of the molecule is CCCCCCCCOc1ccc(-c2ccc(C(=O)O)cc2)c(F)c1. The number of aromatic carboxylic acids is 1. The Labute approximate surface area is 148 Å². The van der Waals surface area contributed by atoms with Crippen molar-refractivity contribution in [3.05, 3.63) is 53.8 Å². The Hall–Kier alpha value is -2.36. The van der Waals surface area contributed by atoms with E-state index in [2.05, 4.69) is 6.92 Å². The van der Waals surface area contributed by atoms with Gasteiger partial charge in [-0.3, -0.25) is 0 Å². The number of rotatable bonds is 10. The molecule has 2 aromatic carbocycles. The van der Waals surface area contributed by atoms with Gasteiger partial charge >= 0.3 is 5.97 Å². The molecule has 0 saturated carbocycles. The molecule has 0 amide bonds. The van der Waals surface area contributed by atoms with Crippen LogP contribution in [0.1, 0.15) is 55.8 Å². The van der Waals surface area contributed by atoms with Crippen LogP contribution in [0.3, 0.4) is 0 Å². The molecule has 0 saturated heterocycles. The van der Waals surface area contributed by atoms with E-state index in [0.717, 1.165) is 12.8 Å². The molecule has 0 fully saturated rings. The van der Waals surface area contributed by atoms with Gasteiger partial charge in [-0.15, -0.1) is 0 Å². The van der Waals surface area contributed by atoms with Gasteiger partial charge in [-0.25, -0.2) is 9.18 Å². The van der Waals surface area contributed by atoms with E-state index in [1.807, 2.05) is 0 Å². The lowest BCUT2D eigenvalue weighted by Crippen LogP contribution is -1.98. The monoisotopic (exact) mass is 344 g/mol. The summed E-state index contributed by atoms with van der Waals surface area (Å²) < 4.78 is 19.9. The standard InChI is InChI=1S/C21H25FO3/c1-2-3-4-5-6-7-14-25-18-12-13-19(20(22)15-18)16-8-10-17(11-9-16)21(23)24/h8-13,15H,2-7,14H2,1H3,(H,23,24). The second-order valence-electron chi connectivity index (χ2n) is 6.14. The number of carbonyl (C=O) groups is 1. The maximum atomic E-state index is 14.3. The molecule has 4 heteroatoms. The third-order valence-electron chi connectivity index (χ3n) is 4.15. The molecule has 2 aromatic rings.